The van der Waals surface area contributed by atoms with Gasteiger partial charge in [0.2, 0.25) is 5.91 Å². The van der Waals surface area contributed by atoms with E-state index in [2.05, 4.69) is 5.32 Å². The number of benzene rings is 1. The van der Waals surface area contributed by atoms with Crippen LogP contribution in [0.5, 0.6) is 5.75 Å². The fourth-order valence-electron chi connectivity index (χ4n) is 1.32. The van der Waals surface area contributed by atoms with Crippen molar-refractivity contribution in [3.05, 3.63) is 18.2 Å². The number of rotatable bonds is 5. The molecule has 0 aromatic heterocycles. The first-order valence-electron chi connectivity index (χ1n) is 5.41. The monoisotopic (exact) mass is 237 g/mol. The van der Waals surface area contributed by atoms with Gasteiger partial charge in [0.25, 0.3) is 0 Å². The van der Waals surface area contributed by atoms with Crippen LogP contribution in [0.25, 0.3) is 0 Å². The van der Waals surface area contributed by atoms with Crippen LogP contribution >= 0.6 is 0 Å². The highest BCUT2D eigenvalue weighted by molar-refractivity contribution is 5.94. The normalized spacial score (nSPS) is 10.4. The summed E-state index contributed by atoms with van der Waals surface area (Å²) in [7, 11) is 5.42. The molecule has 0 aliphatic carbocycles. The Kier molecular flexibility index (Phi) is 4.78. The molecule has 0 heterocycles. The van der Waals surface area contributed by atoms with E-state index in [4.69, 9.17) is 10.5 Å². The third kappa shape index (κ3) is 4.32. The first-order valence-corrected chi connectivity index (χ1v) is 5.41. The molecule has 0 saturated heterocycles. The van der Waals surface area contributed by atoms with Gasteiger partial charge in [-0.15, -0.1) is 0 Å². The second kappa shape index (κ2) is 6.10. The third-order valence-electron chi connectivity index (χ3n) is 2.32. The second-order valence-corrected chi connectivity index (χ2v) is 4.05. The minimum atomic E-state index is -0.0458. The molecule has 0 aliphatic heterocycles. The summed E-state index contributed by atoms with van der Waals surface area (Å²) in [5.74, 6) is 0.629. The summed E-state index contributed by atoms with van der Waals surface area (Å²) in [5.41, 5.74) is 6.92. The highest BCUT2D eigenvalue weighted by Crippen LogP contribution is 2.23. The summed E-state index contributed by atoms with van der Waals surface area (Å²) in [6.45, 7) is 0.710. The molecule has 94 valence electrons. The van der Waals surface area contributed by atoms with Crippen LogP contribution in [0.3, 0.4) is 0 Å². The summed E-state index contributed by atoms with van der Waals surface area (Å²) < 4.78 is 5.03. The molecule has 1 aromatic carbocycles. The van der Waals surface area contributed by atoms with Crippen molar-refractivity contribution in [2.24, 2.45) is 0 Å². The van der Waals surface area contributed by atoms with Gasteiger partial charge >= 0.3 is 0 Å². The van der Waals surface area contributed by atoms with Gasteiger partial charge in [-0.3, -0.25) is 4.79 Å². The van der Waals surface area contributed by atoms with E-state index in [1.54, 1.807) is 25.3 Å². The molecule has 0 radical (unpaired) electrons. The lowest BCUT2D eigenvalue weighted by Gasteiger charge is -2.11. The van der Waals surface area contributed by atoms with Gasteiger partial charge in [-0.1, -0.05) is 0 Å². The van der Waals surface area contributed by atoms with E-state index in [1.165, 1.54) is 0 Å². The van der Waals surface area contributed by atoms with Gasteiger partial charge in [0.1, 0.15) is 5.75 Å². The van der Waals surface area contributed by atoms with Crippen molar-refractivity contribution in [1.29, 1.82) is 0 Å². The van der Waals surface area contributed by atoms with E-state index in [1.807, 2.05) is 19.0 Å². The molecule has 17 heavy (non-hydrogen) atoms. The van der Waals surface area contributed by atoms with Crippen molar-refractivity contribution in [3.8, 4) is 5.75 Å². The van der Waals surface area contributed by atoms with Crippen LogP contribution in [0.4, 0.5) is 11.4 Å². The Morgan fingerprint density at radius 3 is 2.71 bits per heavy atom. The van der Waals surface area contributed by atoms with Crippen LogP contribution in [0.2, 0.25) is 0 Å². The molecule has 1 rings (SSSR count). The highest BCUT2D eigenvalue weighted by atomic mass is 16.5. The van der Waals surface area contributed by atoms with Crippen molar-refractivity contribution in [3.63, 3.8) is 0 Å². The van der Waals surface area contributed by atoms with Crippen LogP contribution < -0.4 is 15.8 Å². The summed E-state index contributed by atoms with van der Waals surface area (Å²) in [6, 6.07) is 5.18. The molecule has 0 saturated carbocycles. The maximum Gasteiger partial charge on any atom is 0.225 e. The number of hydrogen-bond acceptors (Lipinski definition) is 4. The summed E-state index contributed by atoms with van der Waals surface area (Å²) in [6.07, 6.45) is 0.443. The zero-order valence-corrected chi connectivity index (χ0v) is 10.5. The van der Waals surface area contributed by atoms with E-state index < -0.39 is 0 Å². The maximum atomic E-state index is 11.6. The predicted octanol–water partition coefficient (Wildman–Crippen LogP) is 1.17. The lowest BCUT2D eigenvalue weighted by molar-refractivity contribution is -0.116. The van der Waals surface area contributed by atoms with Crippen molar-refractivity contribution < 1.29 is 9.53 Å². The number of carbonyl (C=O) groups excluding carboxylic acids is 1. The van der Waals surface area contributed by atoms with E-state index >= 15 is 0 Å². The highest BCUT2D eigenvalue weighted by Gasteiger charge is 2.06. The summed E-state index contributed by atoms with van der Waals surface area (Å²) >= 11 is 0. The molecule has 0 bridgehead atoms. The quantitative estimate of drug-likeness (QED) is 0.754. The zero-order valence-electron chi connectivity index (χ0n) is 10.5. The maximum absolute atomic E-state index is 11.6. The predicted molar refractivity (Wildman–Crippen MR) is 69.2 cm³/mol. The molecular weight excluding hydrogens is 218 g/mol. The SMILES string of the molecule is COc1ccc(NC(=O)CCN(C)C)c(N)c1. The van der Waals surface area contributed by atoms with E-state index in [-0.39, 0.29) is 5.91 Å². The number of nitrogens with two attached hydrogens (primary N) is 1. The van der Waals surface area contributed by atoms with Crippen LogP contribution in [-0.2, 0) is 4.79 Å². The largest absolute Gasteiger partial charge is 0.497 e. The topological polar surface area (TPSA) is 67.6 Å². The van der Waals surface area contributed by atoms with Gasteiger partial charge in [-0.2, -0.15) is 0 Å². The Morgan fingerprint density at radius 2 is 2.18 bits per heavy atom. The van der Waals surface area contributed by atoms with Crippen LogP contribution in [0.15, 0.2) is 18.2 Å². The van der Waals surface area contributed by atoms with Gasteiger partial charge in [0.05, 0.1) is 18.5 Å². The van der Waals surface area contributed by atoms with Crippen molar-refractivity contribution in [1.82, 2.24) is 4.90 Å². The number of anilines is 2. The standard InChI is InChI=1S/C12H19N3O2/c1-15(2)7-6-12(16)14-11-5-4-9(17-3)8-10(11)13/h4-5,8H,6-7,13H2,1-3H3,(H,14,16). The van der Waals surface area contributed by atoms with Gasteiger partial charge in [-0.05, 0) is 26.2 Å². The molecule has 1 amide bonds. The Morgan fingerprint density at radius 1 is 1.47 bits per heavy atom. The first kappa shape index (κ1) is 13.3. The smallest absolute Gasteiger partial charge is 0.225 e. The average Bonchev–Trinajstić information content (AvgIpc) is 2.29. The van der Waals surface area contributed by atoms with Gasteiger partial charge in [0.15, 0.2) is 0 Å². The number of ether oxygens (including phenoxy) is 1. The molecule has 5 heteroatoms. The van der Waals surface area contributed by atoms with E-state index in [0.717, 1.165) is 0 Å². The molecule has 0 atom stereocenters. The number of methoxy groups -OCH3 is 1. The molecule has 5 nitrogen and oxygen atoms in total. The number of nitrogens with one attached hydrogen (secondary N) is 1. The number of amides is 1. The molecule has 0 spiro atoms. The Bertz CT molecular complexity index is 391. The van der Waals surface area contributed by atoms with Crippen molar-refractivity contribution >= 4 is 17.3 Å². The lowest BCUT2D eigenvalue weighted by Crippen LogP contribution is -2.21. The zero-order chi connectivity index (χ0) is 12.8. The van der Waals surface area contributed by atoms with Crippen molar-refractivity contribution in [2.45, 2.75) is 6.42 Å². The van der Waals surface area contributed by atoms with Gasteiger partial charge in [0, 0.05) is 19.0 Å². The lowest BCUT2D eigenvalue weighted by atomic mass is 10.2. The fourth-order valence-corrected chi connectivity index (χ4v) is 1.32. The Hall–Kier alpha value is -1.75. The fraction of sp³-hybridized carbons (Fsp3) is 0.417. The molecule has 0 unspecified atom stereocenters. The number of nitrogens with zero attached hydrogens (tertiary/aromatic N) is 1. The molecule has 0 aliphatic rings. The van der Waals surface area contributed by atoms with Crippen molar-refractivity contribution in [2.75, 3.05) is 38.8 Å². The minimum Gasteiger partial charge on any atom is -0.497 e. The molecular formula is C12H19N3O2. The van der Waals surface area contributed by atoms with Crippen LogP contribution in [0.1, 0.15) is 6.42 Å². The first-order chi connectivity index (χ1) is 8.02. The minimum absolute atomic E-state index is 0.0458. The van der Waals surface area contributed by atoms with Gasteiger partial charge < -0.3 is 20.7 Å². The Labute approximate surface area is 102 Å². The molecule has 0 fully saturated rings. The summed E-state index contributed by atoms with van der Waals surface area (Å²) in [4.78, 5) is 13.6. The number of hydrogen-bond donors (Lipinski definition) is 2. The van der Waals surface area contributed by atoms with Crippen LogP contribution in [0, 0.1) is 0 Å². The molecule has 1 aromatic rings. The van der Waals surface area contributed by atoms with Gasteiger partial charge in [-0.25, -0.2) is 0 Å². The van der Waals surface area contributed by atoms with E-state index in [9.17, 15) is 4.79 Å². The average molecular weight is 237 g/mol. The van der Waals surface area contributed by atoms with E-state index in [0.29, 0.717) is 30.1 Å². The van der Waals surface area contributed by atoms with Crippen LogP contribution in [-0.4, -0.2) is 38.6 Å². The molecule has 3 N–H and O–H groups in total. The second-order valence-electron chi connectivity index (χ2n) is 4.05. The summed E-state index contributed by atoms with van der Waals surface area (Å²) in [5, 5.41) is 2.77. The Balaban J connectivity index is 2.59. The third-order valence-corrected chi connectivity index (χ3v) is 2.32. The number of nitrogen functional groups attached to an aromatic ring is 1. The number of carbonyl (C=O) groups is 1.